The van der Waals surface area contributed by atoms with Gasteiger partial charge in [-0.15, -0.1) is 0 Å². The first-order valence-electron chi connectivity index (χ1n) is 9.40. The second-order valence-electron chi connectivity index (χ2n) is 6.37. The number of allylic oxidation sites excluding steroid dienone is 2. The van der Waals surface area contributed by atoms with Crippen molar-refractivity contribution in [2.24, 2.45) is 5.92 Å². The molecule has 0 aliphatic heterocycles. The van der Waals surface area contributed by atoms with Gasteiger partial charge in [-0.05, 0) is 31.4 Å². The number of thioether (sulfide) groups is 2. The maximum absolute atomic E-state index is 12.6. The molecule has 0 amide bonds. The summed E-state index contributed by atoms with van der Waals surface area (Å²) in [6, 6.07) is 0. The van der Waals surface area contributed by atoms with Crippen LogP contribution in [0.2, 0.25) is 0 Å². The molecule has 4 nitrogen and oxygen atoms in total. The quantitative estimate of drug-likeness (QED) is 0.232. The largest absolute Gasteiger partial charge is 0.294 e. The fourth-order valence-corrected chi connectivity index (χ4v) is 5.04. The van der Waals surface area contributed by atoms with Crippen LogP contribution in [0, 0.1) is 5.92 Å². The average molecular weight is 388 g/mol. The smallest absolute Gasteiger partial charge is 0.168 e. The number of rotatable bonds is 12. The van der Waals surface area contributed by atoms with E-state index in [2.05, 4.69) is 19.3 Å². The minimum Gasteiger partial charge on any atom is -0.294 e. The SMILES string of the molecule is CCCC(NOCC)=C1C(=O)CC(CC(C)SCCSCC)CC1=O. The molecule has 1 aliphatic carbocycles. The molecule has 1 aliphatic rings. The first kappa shape index (κ1) is 22.6. The molecule has 1 saturated carbocycles. The molecule has 1 rings (SSSR count). The Balaban J connectivity index is 2.62. The first-order valence-corrected chi connectivity index (χ1v) is 11.6. The van der Waals surface area contributed by atoms with E-state index in [-0.39, 0.29) is 17.5 Å². The minimum absolute atomic E-state index is 0.0179. The molecule has 144 valence electrons. The maximum Gasteiger partial charge on any atom is 0.168 e. The van der Waals surface area contributed by atoms with Crippen molar-refractivity contribution in [2.75, 3.05) is 23.9 Å². The Bertz CT molecular complexity index is 446. The lowest BCUT2D eigenvalue weighted by molar-refractivity contribution is -0.125. The summed E-state index contributed by atoms with van der Waals surface area (Å²) >= 11 is 3.91. The molecule has 0 aromatic carbocycles. The molecule has 0 bridgehead atoms. The minimum atomic E-state index is -0.0179. The van der Waals surface area contributed by atoms with Crippen LogP contribution < -0.4 is 5.48 Å². The van der Waals surface area contributed by atoms with E-state index >= 15 is 0 Å². The number of carbonyl (C=O) groups is 2. The van der Waals surface area contributed by atoms with Gasteiger partial charge in [0.25, 0.3) is 0 Å². The van der Waals surface area contributed by atoms with Crippen molar-refractivity contribution in [2.45, 2.75) is 65.0 Å². The van der Waals surface area contributed by atoms with Crippen molar-refractivity contribution in [1.29, 1.82) is 0 Å². The van der Waals surface area contributed by atoms with Gasteiger partial charge in [0.2, 0.25) is 0 Å². The number of hydroxylamine groups is 1. The molecule has 0 aromatic heterocycles. The summed E-state index contributed by atoms with van der Waals surface area (Å²) in [6.07, 6.45) is 3.44. The zero-order chi connectivity index (χ0) is 18.7. The molecule has 0 radical (unpaired) electrons. The van der Waals surface area contributed by atoms with Crippen molar-refractivity contribution in [3.8, 4) is 0 Å². The van der Waals surface area contributed by atoms with Gasteiger partial charge in [0.15, 0.2) is 11.6 Å². The Morgan fingerprint density at radius 2 is 1.88 bits per heavy atom. The highest BCUT2D eigenvalue weighted by molar-refractivity contribution is 8.03. The monoisotopic (exact) mass is 387 g/mol. The zero-order valence-corrected chi connectivity index (χ0v) is 17.7. The summed E-state index contributed by atoms with van der Waals surface area (Å²) in [4.78, 5) is 30.4. The van der Waals surface area contributed by atoms with Crippen LogP contribution >= 0.6 is 23.5 Å². The Hall–Kier alpha value is -0.460. The number of hydrogen-bond acceptors (Lipinski definition) is 6. The van der Waals surface area contributed by atoms with Crippen molar-refractivity contribution in [3.63, 3.8) is 0 Å². The van der Waals surface area contributed by atoms with Gasteiger partial charge in [0, 0.05) is 29.6 Å². The fourth-order valence-electron chi connectivity index (χ4n) is 3.09. The highest BCUT2D eigenvalue weighted by atomic mass is 32.2. The van der Waals surface area contributed by atoms with Crippen LogP contribution in [-0.2, 0) is 14.4 Å². The van der Waals surface area contributed by atoms with Crippen molar-refractivity contribution in [3.05, 3.63) is 11.3 Å². The molecule has 0 saturated heterocycles. The maximum atomic E-state index is 12.6. The predicted octanol–water partition coefficient (Wildman–Crippen LogP) is 4.39. The van der Waals surface area contributed by atoms with Gasteiger partial charge in [-0.1, -0.05) is 27.2 Å². The predicted molar refractivity (Wildman–Crippen MR) is 109 cm³/mol. The normalized spacial score (nSPS) is 19.2. The lowest BCUT2D eigenvalue weighted by atomic mass is 9.80. The zero-order valence-electron chi connectivity index (χ0n) is 16.1. The van der Waals surface area contributed by atoms with Crippen molar-refractivity contribution < 1.29 is 14.4 Å². The fraction of sp³-hybridized carbons (Fsp3) is 0.789. The molecule has 6 heteroatoms. The molecule has 1 fully saturated rings. The molecular weight excluding hydrogens is 354 g/mol. The van der Waals surface area contributed by atoms with Gasteiger partial charge in [-0.25, -0.2) is 0 Å². The van der Waals surface area contributed by atoms with Gasteiger partial charge >= 0.3 is 0 Å². The highest BCUT2D eigenvalue weighted by Crippen LogP contribution is 2.31. The standard InChI is InChI=1S/C19H33NO3S2/c1-5-8-16(20-23-6-2)19-17(21)12-15(13-18(19)22)11-14(4)25-10-9-24-7-3/h14-15,20H,5-13H2,1-4H3. The molecule has 25 heavy (non-hydrogen) atoms. The average Bonchev–Trinajstić information content (AvgIpc) is 2.56. The van der Waals surface area contributed by atoms with Crippen LogP contribution in [0.3, 0.4) is 0 Å². The highest BCUT2D eigenvalue weighted by Gasteiger charge is 2.33. The van der Waals surface area contributed by atoms with Crippen molar-refractivity contribution in [1.82, 2.24) is 5.48 Å². The van der Waals surface area contributed by atoms with Gasteiger partial charge in [-0.2, -0.15) is 23.5 Å². The summed E-state index contributed by atoms with van der Waals surface area (Å²) in [7, 11) is 0. The van der Waals surface area contributed by atoms with E-state index in [1.807, 2.05) is 37.4 Å². The lowest BCUT2D eigenvalue weighted by Crippen LogP contribution is -2.31. The molecule has 1 N–H and O–H groups in total. The van der Waals surface area contributed by atoms with E-state index in [0.29, 0.717) is 42.4 Å². The van der Waals surface area contributed by atoms with Crippen LogP contribution in [-0.4, -0.2) is 40.7 Å². The van der Waals surface area contributed by atoms with Crippen LogP contribution in [0.25, 0.3) is 0 Å². The number of hydrogen-bond donors (Lipinski definition) is 1. The van der Waals surface area contributed by atoms with Crippen LogP contribution in [0.1, 0.15) is 59.8 Å². The second kappa shape index (κ2) is 12.8. The summed E-state index contributed by atoms with van der Waals surface area (Å²) in [5.74, 6) is 3.61. The Labute approximate surface area is 161 Å². The molecule has 1 unspecified atom stereocenters. The van der Waals surface area contributed by atoms with Crippen LogP contribution in [0.4, 0.5) is 0 Å². The summed E-state index contributed by atoms with van der Waals surface area (Å²) < 4.78 is 0. The first-order chi connectivity index (χ1) is 12.0. The number of carbonyl (C=O) groups excluding carboxylic acids is 2. The molecular formula is C19H33NO3S2. The van der Waals surface area contributed by atoms with E-state index in [0.717, 1.165) is 24.3 Å². The summed E-state index contributed by atoms with van der Waals surface area (Å²) in [5.41, 5.74) is 3.84. The van der Waals surface area contributed by atoms with Gasteiger partial charge in [0.05, 0.1) is 17.9 Å². The Morgan fingerprint density at radius 1 is 1.20 bits per heavy atom. The third-order valence-electron chi connectivity index (χ3n) is 4.15. The third kappa shape index (κ3) is 8.18. The Kier molecular flexibility index (Phi) is 11.6. The number of Topliss-reactive ketones (excluding diaryl/α,β-unsaturated/α-hetero) is 2. The molecule has 0 heterocycles. The van der Waals surface area contributed by atoms with Gasteiger partial charge < -0.3 is 0 Å². The summed E-state index contributed by atoms with van der Waals surface area (Å²) in [5, 5.41) is 0.491. The van der Waals surface area contributed by atoms with E-state index in [1.165, 1.54) is 5.75 Å². The number of ketones is 2. The van der Waals surface area contributed by atoms with Crippen LogP contribution in [0.15, 0.2) is 11.3 Å². The van der Waals surface area contributed by atoms with Crippen LogP contribution in [0.5, 0.6) is 0 Å². The second-order valence-corrected chi connectivity index (χ2v) is 9.31. The van der Waals surface area contributed by atoms with Gasteiger partial charge in [0.1, 0.15) is 0 Å². The molecule has 0 aromatic rings. The lowest BCUT2D eigenvalue weighted by Gasteiger charge is -2.26. The van der Waals surface area contributed by atoms with E-state index in [1.54, 1.807) is 0 Å². The Morgan fingerprint density at radius 3 is 2.44 bits per heavy atom. The van der Waals surface area contributed by atoms with E-state index in [4.69, 9.17) is 4.84 Å². The van der Waals surface area contributed by atoms with Crippen molar-refractivity contribution >= 4 is 35.1 Å². The number of nitrogens with one attached hydrogen (secondary N) is 1. The topological polar surface area (TPSA) is 55.4 Å². The van der Waals surface area contributed by atoms with E-state index in [9.17, 15) is 9.59 Å². The molecule has 1 atom stereocenters. The van der Waals surface area contributed by atoms with Gasteiger partial charge in [-0.3, -0.25) is 19.9 Å². The molecule has 0 spiro atoms. The summed E-state index contributed by atoms with van der Waals surface area (Å²) in [6.45, 7) is 8.79. The van der Waals surface area contributed by atoms with E-state index < -0.39 is 0 Å². The third-order valence-corrected chi connectivity index (χ3v) is 6.51.